The first kappa shape index (κ1) is 19.6. The van der Waals surface area contributed by atoms with Crippen LogP contribution in [0.3, 0.4) is 0 Å². The van der Waals surface area contributed by atoms with Gasteiger partial charge in [0.1, 0.15) is 18.5 Å². The van der Waals surface area contributed by atoms with Crippen molar-refractivity contribution in [3.63, 3.8) is 0 Å². The molecule has 28 heavy (non-hydrogen) atoms. The minimum atomic E-state index is -0.268. The number of carbonyl (C=O) groups excluding carboxylic acids is 1. The van der Waals surface area contributed by atoms with Gasteiger partial charge in [-0.05, 0) is 12.0 Å². The molecule has 1 unspecified atom stereocenters. The molecule has 2 heterocycles. The summed E-state index contributed by atoms with van der Waals surface area (Å²) in [5.74, 6) is 0.658. The van der Waals surface area contributed by atoms with Gasteiger partial charge in [-0.25, -0.2) is 9.78 Å². The number of hydrogen-bond donors (Lipinski definition) is 2. The number of nitrogens with zero attached hydrogens (tertiary/aromatic N) is 5. The van der Waals surface area contributed by atoms with E-state index >= 15 is 0 Å². The van der Waals surface area contributed by atoms with Crippen molar-refractivity contribution >= 4 is 11.8 Å². The first-order chi connectivity index (χ1) is 13.3. The van der Waals surface area contributed by atoms with Crippen molar-refractivity contribution in [1.29, 1.82) is 0 Å². The largest absolute Gasteiger partial charge is 0.331 e. The van der Waals surface area contributed by atoms with Crippen LogP contribution in [0.4, 0.5) is 10.6 Å². The second-order valence-electron chi connectivity index (χ2n) is 7.80. The molecule has 2 amide bonds. The lowest BCUT2D eigenvalue weighted by Crippen LogP contribution is -2.33. The Balaban J connectivity index is 1.69. The standard InChI is InChI=1S/C20H27N7O/c1-20(2,3)17-12-18(26(4)25-17)24-19(28)23-16(15-8-6-5-7-9-15)10-11-27-14-21-13-22-27/h5-9,12-14,16H,10-11H2,1-4H3,(H2,23,24,28). The second kappa shape index (κ2) is 8.24. The van der Waals surface area contributed by atoms with Crippen molar-refractivity contribution in [2.75, 3.05) is 5.32 Å². The first-order valence-electron chi connectivity index (χ1n) is 9.32. The molecule has 8 nitrogen and oxygen atoms in total. The molecule has 148 valence electrons. The average Bonchev–Trinajstić information content (AvgIpc) is 3.29. The predicted molar refractivity (Wildman–Crippen MR) is 108 cm³/mol. The topological polar surface area (TPSA) is 89.7 Å². The average molecular weight is 381 g/mol. The van der Waals surface area contributed by atoms with Gasteiger partial charge in [0.25, 0.3) is 0 Å². The van der Waals surface area contributed by atoms with E-state index in [1.54, 1.807) is 15.7 Å². The van der Waals surface area contributed by atoms with Gasteiger partial charge in [-0.3, -0.25) is 14.7 Å². The van der Waals surface area contributed by atoms with E-state index in [0.717, 1.165) is 11.3 Å². The summed E-state index contributed by atoms with van der Waals surface area (Å²) in [5.41, 5.74) is 1.88. The third-order valence-electron chi connectivity index (χ3n) is 4.51. The van der Waals surface area contributed by atoms with Crippen molar-refractivity contribution in [1.82, 2.24) is 29.9 Å². The quantitative estimate of drug-likeness (QED) is 0.686. The van der Waals surface area contributed by atoms with E-state index < -0.39 is 0 Å². The Morgan fingerprint density at radius 2 is 1.96 bits per heavy atom. The van der Waals surface area contributed by atoms with Crippen LogP contribution in [-0.2, 0) is 19.0 Å². The third-order valence-corrected chi connectivity index (χ3v) is 4.51. The van der Waals surface area contributed by atoms with Crippen LogP contribution in [0.15, 0.2) is 49.1 Å². The highest BCUT2D eigenvalue weighted by atomic mass is 16.2. The molecule has 3 rings (SSSR count). The number of aryl methyl sites for hydroxylation is 2. The predicted octanol–water partition coefficient (Wildman–Crippen LogP) is 3.26. The number of aromatic nitrogens is 5. The highest BCUT2D eigenvalue weighted by Crippen LogP contribution is 2.23. The van der Waals surface area contributed by atoms with Crippen LogP contribution >= 0.6 is 0 Å². The Kier molecular flexibility index (Phi) is 5.77. The minimum Gasteiger partial charge on any atom is -0.331 e. The van der Waals surface area contributed by atoms with Crippen molar-refractivity contribution in [3.8, 4) is 0 Å². The molecular weight excluding hydrogens is 354 g/mol. The van der Waals surface area contributed by atoms with Crippen LogP contribution in [0.5, 0.6) is 0 Å². The molecular formula is C20H27N7O. The number of benzene rings is 1. The Morgan fingerprint density at radius 3 is 2.57 bits per heavy atom. The fourth-order valence-electron chi connectivity index (χ4n) is 2.88. The number of rotatable bonds is 6. The normalized spacial score (nSPS) is 12.6. The molecule has 0 aliphatic rings. The van der Waals surface area contributed by atoms with Crippen LogP contribution in [-0.4, -0.2) is 30.6 Å². The fraction of sp³-hybridized carbons (Fsp3) is 0.400. The van der Waals surface area contributed by atoms with E-state index in [0.29, 0.717) is 18.8 Å². The van der Waals surface area contributed by atoms with Crippen LogP contribution in [0, 0.1) is 0 Å². The number of amides is 2. The van der Waals surface area contributed by atoms with Crippen molar-refractivity contribution in [2.45, 2.75) is 45.2 Å². The Morgan fingerprint density at radius 1 is 1.21 bits per heavy atom. The summed E-state index contributed by atoms with van der Waals surface area (Å²) in [7, 11) is 1.82. The molecule has 1 atom stereocenters. The van der Waals surface area contributed by atoms with E-state index in [9.17, 15) is 4.79 Å². The van der Waals surface area contributed by atoms with Crippen LogP contribution in [0.2, 0.25) is 0 Å². The molecule has 0 aliphatic carbocycles. The minimum absolute atomic E-state index is 0.0848. The van der Waals surface area contributed by atoms with E-state index in [2.05, 4.69) is 46.6 Å². The van der Waals surface area contributed by atoms with Gasteiger partial charge in [0.15, 0.2) is 0 Å². The van der Waals surface area contributed by atoms with Gasteiger partial charge in [0.2, 0.25) is 0 Å². The summed E-state index contributed by atoms with van der Waals surface area (Å²) in [6, 6.07) is 11.4. The summed E-state index contributed by atoms with van der Waals surface area (Å²) >= 11 is 0. The van der Waals surface area contributed by atoms with E-state index in [1.807, 2.05) is 43.4 Å². The van der Waals surface area contributed by atoms with E-state index in [4.69, 9.17) is 0 Å². The maximum Gasteiger partial charge on any atom is 0.320 e. The summed E-state index contributed by atoms with van der Waals surface area (Å²) in [6.07, 6.45) is 3.87. The van der Waals surface area contributed by atoms with Gasteiger partial charge in [-0.2, -0.15) is 10.2 Å². The lowest BCUT2D eigenvalue weighted by molar-refractivity contribution is 0.247. The first-order valence-corrected chi connectivity index (χ1v) is 9.32. The smallest absolute Gasteiger partial charge is 0.320 e. The summed E-state index contributed by atoms with van der Waals surface area (Å²) in [6.45, 7) is 6.93. The highest BCUT2D eigenvalue weighted by molar-refractivity contribution is 5.88. The van der Waals surface area contributed by atoms with Crippen molar-refractivity contribution < 1.29 is 4.79 Å². The third kappa shape index (κ3) is 4.97. The molecule has 1 aromatic carbocycles. The molecule has 3 aromatic rings. The molecule has 0 radical (unpaired) electrons. The lowest BCUT2D eigenvalue weighted by atomic mass is 9.92. The summed E-state index contributed by atoms with van der Waals surface area (Å²) in [5, 5.41) is 14.6. The van der Waals surface area contributed by atoms with Gasteiger partial charge in [-0.15, -0.1) is 0 Å². The fourth-order valence-corrected chi connectivity index (χ4v) is 2.88. The van der Waals surface area contributed by atoms with Crippen LogP contribution < -0.4 is 10.6 Å². The zero-order valence-electron chi connectivity index (χ0n) is 16.8. The van der Waals surface area contributed by atoms with Gasteiger partial charge in [0, 0.05) is 25.1 Å². The van der Waals surface area contributed by atoms with Gasteiger partial charge < -0.3 is 5.32 Å². The Bertz CT molecular complexity index is 895. The molecule has 2 aromatic heterocycles. The van der Waals surface area contributed by atoms with Crippen LogP contribution in [0.25, 0.3) is 0 Å². The monoisotopic (exact) mass is 381 g/mol. The molecule has 0 fully saturated rings. The molecule has 2 N–H and O–H groups in total. The number of urea groups is 1. The molecule has 0 bridgehead atoms. The number of carbonyl (C=O) groups is 1. The van der Waals surface area contributed by atoms with Gasteiger partial charge in [-0.1, -0.05) is 51.1 Å². The van der Waals surface area contributed by atoms with Gasteiger partial charge >= 0.3 is 6.03 Å². The zero-order chi connectivity index (χ0) is 20.1. The maximum atomic E-state index is 12.7. The van der Waals surface area contributed by atoms with Gasteiger partial charge in [0.05, 0.1) is 11.7 Å². The SMILES string of the molecule is Cn1nc(C(C)(C)C)cc1NC(=O)NC(CCn1cncn1)c1ccccc1. The highest BCUT2D eigenvalue weighted by Gasteiger charge is 2.21. The number of hydrogen-bond acceptors (Lipinski definition) is 4. The molecule has 0 spiro atoms. The van der Waals surface area contributed by atoms with Crippen LogP contribution in [0.1, 0.15) is 44.5 Å². The lowest BCUT2D eigenvalue weighted by Gasteiger charge is -2.19. The maximum absolute atomic E-state index is 12.7. The number of nitrogens with one attached hydrogen (secondary N) is 2. The van der Waals surface area contributed by atoms with E-state index in [-0.39, 0.29) is 17.5 Å². The van der Waals surface area contributed by atoms with Crippen molar-refractivity contribution in [3.05, 3.63) is 60.3 Å². The molecule has 0 saturated heterocycles. The molecule has 0 aliphatic heterocycles. The molecule has 0 saturated carbocycles. The summed E-state index contributed by atoms with van der Waals surface area (Å²) in [4.78, 5) is 16.6. The number of anilines is 1. The Labute approximate surface area is 165 Å². The van der Waals surface area contributed by atoms with E-state index in [1.165, 1.54) is 6.33 Å². The van der Waals surface area contributed by atoms with Crippen molar-refractivity contribution in [2.24, 2.45) is 7.05 Å². The second-order valence-corrected chi connectivity index (χ2v) is 7.80. The molecule has 8 heteroatoms. The Hall–Kier alpha value is -3.16. The summed E-state index contributed by atoms with van der Waals surface area (Å²) < 4.78 is 3.44. The zero-order valence-corrected chi connectivity index (χ0v) is 16.8.